The van der Waals surface area contributed by atoms with Gasteiger partial charge in [0.2, 0.25) is 5.91 Å². The van der Waals surface area contributed by atoms with Gasteiger partial charge in [-0.3, -0.25) is 9.79 Å². The average Bonchev–Trinajstić information content (AvgIpc) is 2.74. The van der Waals surface area contributed by atoms with Gasteiger partial charge in [-0.25, -0.2) is 4.99 Å². The standard InChI is InChI=1S/C24H29IN4O/c1-17(28-20-13-11-19(25)12-14-20)29-22-10-6-5-9-21(22)23(15-24(26)30)27-16-18-7-3-2-4-8-18/h5-6,9-14,18H,2-4,7-8,15-16H2,1H3,(H2,26,30)(H,28,29). The summed E-state index contributed by atoms with van der Waals surface area (Å²) in [4.78, 5) is 21.3. The van der Waals surface area contributed by atoms with Crippen molar-refractivity contribution in [3.05, 3.63) is 57.7 Å². The van der Waals surface area contributed by atoms with Gasteiger partial charge in [0.1, 0.15) is 5.84 Å². The van der Waals surface area contributed by atoms with Crippen LogP contribution in [-0.2, 0) is 4.79 Å². The number of nitrogens with one attached hydrogen (secondary N) is 1. The first-order valence-electron chi connectivity index (χ1n) is 10.5. The first kappa shape index (κ1) is 22.5. The molecule has 1 saturated carbocycles. The topological polar surface area (TPSA) is 79.8 Å². The van der Waals surface area contributed by atoms with Crippen LogP contribution in [0.25, 0.3) is 0 Å². The van der Waals surface area contributed by atoms with Crippen LogP contribution in [0.2, 0.25) is 0 Å². The summed E-state index contributed by atoms with van der Waals surface area (Å²) in [7, 11) is 0. The molecule has 0 unspecified atom stereocenters. The molecule has 0 atom stereocenters. The van der Waals surface area contributed by atoms with E-state index in [0.717, 1.165) is 35.0 Å². The van der Waals surface area contributed by atoms with Gasteiger partial charge in [-0.05, 0) is 78.6 Å². The molecule has 0 aliphatic heterocycles. The van der Waals surface area contributed by atoms with Crippen molar-refractivity contribution < 1.29 is 4.79 Å². The molecule has 0 bridgehead atoms. The number of benzene rings is 2. The van der Waals surface area contributed by atoms with Crippen molar-refractivity contribution in [2.75, 3.05) is 11.9 Å². The van der Waals surface area contributed by atoms with Crippen LogP contribution in [0, 0.1) is 9.49 Å². The highest BCUT2D eigenvalue weighted by Crippen LogP contribution is 2.26. The number of carbonyl (C=O) groups is 1. The molecule has 1 fully saturated rings. The minimum atomic E-state index is -0.370. The number of aliphatic imine (C=N–C) groups is 2. The second kappa shape index (κ2) is 11.2. The molecule has 6 heteroatoms. The summed E-state index contributed by atoms with van der Waals surface area (Å²) in [5.74, 6) is 1.00. The molecular formula is C24H29IN4O. The minimum Gasteiger partial charge on any atom is -0.369 e. The first-order chi connectivity index (χ1) is 14.5. The highest BCUT2D eigenvalue weighted by Gasteiger charge is 2.16. The summed E-state index contributed by atoms with van der Waals surface area (Å²) in [6, 6.07) is 16.0. The van der Waals surface area contributed by atoms with E-state index in [-0.39, 0.29) is 12.3 Å². The van der Waals surface area contributed by atoms with Crippen molar-refractivity contribution >= 4 is 51.4 Å². The van der Waals surface area contributed by atoms with Gasteiger partial charge < -0.3 is 11.1 Å². The molecule has 1 aliphatic carbocycles. The number of anilines is 1. The molecule has 158 valence electrons. The lowest BCUT2D eigenvalue weighted by Crippen LogP contribution is -2.19. The zero-order valence-electron chi connectivity index (χ0n) is 17.4. The van der Waals surface area contributed by atoms with Crippen LogP contribution in [0.3, 0.4) is 0 Å². The maximum absolute atomic E-state index is 11.7. The van der Waals surface area contributed by atoms with E-state index in [1.54, 1.807) is 0 Å². The van der Waals surface area contributed by atoms with E-state index >= 15 is 0 Å². The Bertz CT molecular complexity index is 915. The number of carbonyl (C=O) groups excluding carboxylic acids is 1. The summed E-state index contributed by atoms with van der Waals surface area (Å²) in [5, 5.41) is 3.32. The summed E-state index contributed by atoms with van der Waals surface area (Å²) in [5.41, 5.74) is 8.91. The molecule has 0 heterocycles. The Morgan fingerprint density at radius 3 is 2.50 bits per heavy atom. The number of amides is 1. The molecule has 2 aromatic carbocycles. The normalized spacial score (nSPS) is 15.8. The van der Waals surface area contributed by atoms with Gasteiger partial charge in [-0.2, -0.15) is 0 Å². The Labute approximate surface area is 192 Å². The molecule has 30 heavy (non-hydrogen) atoms. The van der Waals surface area contributed by atoms with Crippen LogP contribution in [0.4, 0.5) is 11.4 Å². The number of rotatable bonds is 7. The number of primary amides is 1. The van der Waals surface area contributed by atoms with E-state index in [1.165, 1.54) is 35.7 Å². The van der Waals surface area contributed by atoms with Crippen LogP contribution in [0.1, 0.15) is 51.0 Å². The van der Waals surface area contributed by atoms with Crippen molar-refractivity contribution in [3.63, 3.8) is 0 Å². The molecule has 0 radical (unpaired) electrons. The third-order valence-corrected chi connectivity index (χ3v) is 6.00. The van der Waals surface area contributed by atoms with Gasteiger partial charge >= 0.3 is 0 Å². The average molecular weight is 516 g/mol. The molecule has 1 amide bonds. The van der Waals surface area contributed by atoms with Gasteiger partial charge in [0.15, 0.2) is 0 Å². The smallest absolute Gasteiger partial charge is 0.223 e. The lowest BCUT2D eigenvalue weighted by atomic mass is 9.89. The van der Waals surface area contributed by atoms with Crippen LogP contribution in [0.15, 0.2) is 58.5 Å². The number of amidine groups is 1. The van der Waals surface area contributed by atoms with E-state index in [4.69, 9.17) is 15.7 Å². The van der Waals surface area contributed by atoms with Gasteiger partial charge in [-0.15, -0.1) is 0 Å². The van der Waals surface area contributed by atoms with E-state index < -0.39 is 0 Å². The highest BCUT2D eigenvalue weighted by atomic mass is 127. The van der Waals surface area contributed by atoms with Crippen molar-refractivity contribution in [1.29, 1.82) is 0 Å². The molecule has 3 N–H and O–H groups in total. The van der Waals surface area contributed by atoms with Crippen molar-refractivity contribution in [2.24, 2.45) is 21.6 Å². The zero-order valence-corrected chi connectivity index (χ0v) is 19.6. The fourth-order valence-corrected chi connectivity index (χ4v) is 4.14. The molecule has 5 nitrogen and oxygen atoms in total. The summed E-state index contributed by atoms with van der Waals surface area (Å²) < 4.78 is 1.18. The Hall–Kier alpha value is -2.22. The second-order valence-electron chi connectivity index (χ2n) is 7.78. The van der Waals surface area contributed by atoms with Crippen molar-refractivity contribution in [1.82, 2.24) is 0 Å². The SMILES string of the molecule is CC(=Nc1ccccc1C(CC(N)=O)=NCC1CCCCC1)Nc1ccc(I)cc1. The molecule has 1 aliphatic rings. The number of hydrogen-bond donors (Lipinski definition) is 2. The van der Waals surface area contributed by atoms with Gasteiger partial charge in [0.25, 0.3) is 0 Å². The molecule has 3 rings (SSSR count). The molecule has 2 aromatic rings. The van der Waals surface area contributed by atoms with Gasteiger partial charge in [0, 0.05) is 21.4 Å². The summed E-state index contributed by atoms with van der Waals surface area (Å²) in [6.45, 7) is 2.68. The number of halogens is 1. The highest BCUT2D eigenvalue weighted by molar-refractivity contribution is 14.1. The fraction of sp³-hybridized carbons (Fsp3) is 0.375. The third kappa shape index (κ3) is 6.93. The summed E-state index contributed by atoms with van der Waals surface area (Å²) in [6.07, 6.45) is 6.42. The van der Waals surface area contributed by atoms with Crippen LogP contribution in [0.5, 0.6) is 0 Å². The number of hydrogen-bond acceptors (Lipinski definition) is 3. The predicted molar refractivity (Wildman–Crippen MR) is 134 cm³/mol. The zero-order chi connectivity index (χ0) is 21.3. The number of nitrogens with zero attached hydrogens (tertiary/aromatic N) is 2. The van der Waals surface area contributed by atoms with E-state index in [2.05, 4.69) is 27.9 Å². The number of nitrogens with two attached hydrogens (primary N) is 1. The quantitative estimate of drug-likeness (QED) is 0.281. The molecule has 0 saturated heterocycles. The van der Waals surface area contributed by atoms with Gasteiger partial charge in [0.05, 0.1) is 17.8 Å². The van der Waals surface area contributed by atoms with Crippen LogP contribution >= 0.6 is 22.6 Å². The monoisotopic (exact) mass is 516 g/mol. The third-order valence-electron chi connectivity index (χ3n) is 5.28. The van der Waals surface area contributed by atoms with Crippen LogP contribution < -0.4 is 11.1 Å². The first-order valence-corrected chi connectivity index (χ1v) is 11.6. The van der Waals surface area contributed by atoms with Crippen molar-refractivity contribution in [3.8, 4) is 0 Å². The van der Waals surface area contributed by atoms with Crippen molar-refractivity contribution in [2.45, 2.75) is 45.4 Å². The summed E-state index contributed by atoms with van der Waals surface area (Å²) >= 11 is 2.28. The van der Waals surface area contributed by atoms with E-state index in [1.807, 2.05) is 55.5 Å². The minimum absolute atomic E-state index is 0.128. The fourth-order valence-electron chi connectivity index (χ4n) is 3.78. The van der Waals surface area contributed by atoms with Crippen LogP contribution in [-0.4, -0.2) is 24.0 Å². The maximum Gasteiger partial charge on any atom is 0.223 e. The lowest BCUT2D eigenvalue weighted by molar-refractivity contribution is -0.116. The van der Waals surface area contributed by atoms with E-state index in [0.29, 0.717) is 5.92 Å². The number of para-hydroxylation sites is 1. The Morgan fingerprint density at radius 2 is 1.80 bits per heavy atom. The second-order valence-corrected chi connectivity index (χ2v) is 9.03. The Morgan fingerprint density at radius 1 is 1.10 bits per heavy atom. The largest absolute Gasteiger partial charge is 0.369 e. The predicted octanol–water partition coefficient (Wildman–Crippen LogP) is 5.70. The van der Waals surface area contributed by atoms with Gasteiger partial charge in [-0.1, -0.05) is 37.5 Å². The lowest BCUT2D eigenvalue weighted by Gasteiger charge is -2.20. The maximum atomic E-state index is 11.7. The Kier molecular flexibility index (Phi) is 8.42. The molecule has 0 aromatic heterocycles. The Balaban J connectivity index is 1.83. The molecule has 0 spiro atoms. The van der Waals surface area contributed by atoms with E-state index in [9.17, 15) is 4.79 Å². The molecular weight excluding hydrogens is 487 g/mol.